The van der Waals surface area contributed by atoms with E-state index in [1.54, 1.807) is 5.57 Å². The molecular weight excluding hydrogens is 212 g/mol. The Kier molecular flexibility index (Phi) is 4.11. The average molecular weight is 232 g/mol. The van der Waals surface area contributed by atoms with E-state index in [0.29, 0.717) is 5.92 Å². The van der Waals surface area contributed by atoms with Crippen molar-refractivity contribution >= 4 is 11.8 Å². The second kappa shape index (κ2) is 5.58. The summed E-state index contributed by atoms with van der Waals surface area (Å²) >= 11 is 1.87. The largest absolute Gasteiger partial charge is 0.129 e. The molecule has 1 atom stereocenters. The minimum Gasteiger partial charge on any atom is -0.129 e. The number of hydrogen-bond donors (Lipinski definition) is 0. The molecule has 1 aliphatic rings. The Labute approximate surface area is 103 Å². The summed E-state index contributed by atoms with van der Waals surface area (Å²) in [4.78, 5) is 1.45. The summed E-state index contributed by atoms with van der Waals surface area (Å²) in [6, 6.07) is 8.87. The number of benzene rings is 1. The Hall–Kier alpha value is -0.690. The van der Waals surface area contributed by atoms with Crippen molar-refractivity contribution in [1.29, 1.82) is 0 Å². The number of hydrogen-bond acceptors (Lipinski definition) is 1. The van der Waals surface area contributed by atoms with Gasteiger partial charge in [0.05, 0.1) is 0 Å². The van der Waals surface area contributed by atoms with Gasteiger partial charge in [-0.15, -0.1) is 11.8 Å². The van der Waals surface area contributed by atoms with Crippen LogP contribution < -0.4 is 0 Å². The lowest BCUT2D eigenvalue weighted by Gasteiger charge is -2.19. The van der Waals surface area contributed by atoms with Crippen LogP contribution in [0.15, 0.2) is 40.8 Å². The highest BCUT2D eigenvalue weighted by Crippen LogP contribution is 2.38. The molecule has 1 aromatic carbocycles. The molecule has 1 aromatic rings. The number of rotatable bonds is 4. The summed E-state index contributed by atoms with van der Waals surface area (Å²) in [7, 11) is 0. The van der Waals surface area contributed by atoms with Crippen molar-refractivity contribution in [3.63, 3.8) is 0 Å². The van der Waals surface area contributed by atoms with E-state index in [-0.39, 0.29) is 0 Å². The molecule has 0 N–H and O–H groups in total. The summed E-state index contributed by atoms with van der Waals surface area (Å²) in [6.07, 6.45) is 9.81. The van der Waals surface area contributed by atoms with Crippen LogP contribution in [-0.4, -0.2) is 6.26 Å². The molecule has 0 amide bonds. The number of thioether (sulfide) groups is 1. The third kappa shape index (κ3) is 2.35. The molecule has 0 heterocycles. The molecule has 0 aliphatic heterocycles. The van der Waals surface area contributed by atoms with Crippen LogP contribution >= 0.6 is 11.8 Å². The maximum atomic E-state index is 2.46. The lowest BCUT2D eigenvalue weighted by molar-refractivity contribution is 0.714. The standard InChI is InChI=1S/C15H20S/c1-3-13(12-8-4-5-9-12)14-10-6-7-11-15(14)16-2/h6-8,10-11,13H,3-5,9H2,1-2H3/t13-/m0/s1. The van der Waals surface area contributed by atoms with Crippen molar-refractivity contribution in [3.05, 3.63) is 41.5 Å². The van der Waals surface area contributed by atoms with Gasteiger partial charge in [0.2, 0.25) is 0 Å². The first-order valence-corrected chi connectivity index (χ1v) is 7.41. The zero-order chi connectivity index (χ0) is 11.4. The molecule has 0 aromatic heterocycles. The summed E-state index contributed by atoms with van der Waals surface area (Å²) in [5, 5.41) is 0. The molecule has 86 valence electrons. The lowest BCUT2D eigenvalue weighted by Crippen LogP contribution is -2.01. The molecule has 0 nitrogen and oxygen atoms in total. The molecule has 0 unspecified atom stereocenters. The lowest BCUT2D eigenvalue weighted by atomic mass is 9.88. The molecule has 0 radical (unpaired) electrons. The van der Waals surface area contributed by atoms with E-state index in [4.69, 9.17) is 0 Å². The molecule has 1 aliphatic carbocycles. The van der Waals surface area contributed by atoms with E-state index in [0.717, 1.165) is 0 Å². The highest BCUT2D eigenvalue weighted by atomic mass is 32.2. The summed E-state index contributed by atoms with van der Waals surface area (Å²) < 4.78 is 0. The van der Waals surface area contributed by atoms with Crippen molar-refractivity contribution < 1.29 is 0 Å². The molecular formula is C15H20S. The van der Waals surface area contributed by atoms with Crippen LogP contribution in [0.3, 0.4) is 0 Å². The molecule has 0 fully saturated rings. The Morgan fingerprint density at radius 2 is 2.12 bits per heavy atom. The Balaban J connectivity index is 2.32. The first-order chi connectivity index (χ1) is 7.86. The van der Waals surface area contributed by atoms with Crippen molar-refractivity contribution in [1.82, 2.24) is 0 Å². The molecule has 0 saturated heterocycles. The summed E-state index contributed by atoms with van der Waals surface area (Å²) in [6.45, 7) is 2.31. The Morgan fingerprint density at radius 3 is 2.75 bits per heavy atom. The van der Waals surface area contributed by atoms with E-state index in [9.17, 15) is 0 Å². The first kappa shape index (κ1) is 11.8. The minimum absolute atomic E-state index is 0.658. The van der Waals surface area contributed by atoms with Gasteiger partial charge in [0.1, 0.15) is 0 Å². The van der Waals surface area contributed by atoms with Gasteiger partial charge in [0.15, 0.2) is 0 Å². The van der Waals surface area contributed by atoms with Crippen LogP contribution in [0.5, 0.6) is 0 Å². The summed E-state index contributed by atoms with van der Waals surface area (Å²) in [5.74, 6) is 0.658. The maximum absolute atomic E-state index is 2.46. The smallest absolute Gasteiger partial charge is 0.0107 e. The number of allylic oxidation sites excluding steroid dienone is 2. The van der Waals surface area contributed by atoms with Gasteiger partial charge in [-0.2, -0.15) is 0 Å². The Bertz CT molecular complexity index is 379. The molecule has 1 heteroatoms. The fourth-order valence-electron chi connectivity index (χ4n) is 2.65. The van der Waals surface area contributed by atoms with E-state index in [2.05, 4.69) is 43.5 Å². The van der Waals surface area contributed by atoms with Gasteiger partial charge < -0.3 is 0 Å². The zero-order valence-corrected chi connectivity index (χ0v) is 11.0. The maximum Gasteiger partial charge on any atom is 0.0107 e. The quantitative estimate of drug-likeness (QED) is 0.519. The van der Waals surface area contributed by atoms with Crippen molar-refractivity contribution in [2.45, 2.75) is 43.4 Å². The minimum atomic E-state index is 0.658. The van der Waals surface area contributed by atoms with Crippen LogP contribution in [0.2, 0.25) is 0 Å². The predicted octanol–water partition coefficient (Wildman–Crippen LogP) is 5.01. The third-order valence-electron chi connectivity index (χ3n) is 3.45. The van der Waals surface area contributed by atoms with E-state index in [1.165, 1.54) is 36.1 Å². The van der Waals surface area contributed by atoms with Crippen molar-refractivity contribution in [2.75, 3.05) is 6.26 Å². The third-order valence-corrected chi connectivity index (χ3v) is 4.26. The van der Waals surface area contributed by atoms with Gasteiger partial charge in [-0.3, -0.25) is 0 Å². The van der Waals surface area contributed by atoms with Gasteiger partial charge in [-0.1, -0.05) is 36.8 Å². The fraction of sp³-hybridized carbons (Fsp3) is 0.467. The van der Waals surface area contributed by atoms with Gasteiger partial charge in [0, 0.05) is 10.8 Å². The second-order valence-corrected chi connectivity index (χ2v) is 5.22. The average Bonchev–Trinajstić information content (AvgIpc) is 2.84. The normalized spacial score (nSPS) is 17.2. The first-order valence-electron chi connectivity index (χ1n) is 6.18. The van der Waals surface area contributed by atoms with Crippen LogP contribution in [0.25, 0.3) is 0 Å². The van der Waals surface area contributed by atoms with E-state index >= 15 is 0 Å². The van der Waals surface area contributed by atoms with E-state index in [1.807, 2.05) is 11.8 Å². The monoisotopic (exact) mass is 232 g/mol. The zero-order valence-electron chi connectivity index (χ0n) is 10.2. The SMILES string of the molecule is CC[C@@H](C1=CCCC1)c1ccccc1SC. The van der Waals surface area contributed by atoms with Crippen molar-refractivity contribution in [2.24, 2.45) is 0 Å². The topological polar surface area (TPSA) is 0 Å². The second-order valence-electron chi connectivity index (χ2n) is 4.37. The molecule has 0 saturated carbocycles. The van der Waals surface area contributed by atoms with Crippen LogP contribution in [0, 0.1) is 0 Å². The van der Waals surface area contributed by atoms with Gasteiger partial charge in [0.25, 0.3) is 0 Å². The highest BCUT2D eigenvalue weighted by molar-refractivity contribution is 7.98. The van der Waals surface area contributed by atoms with Gasteiger partial charge >= 0.3 is 0 Å². The van der Waals surface area contributed by atoms with Crippen LogP contribution in [0.1, 0.15) is 44.1 Å². The van der Waals surface area contributed by atoms with Gasteiger partial charge in [-0.25, -0.2) is 0 Å². The van der Waals surface area contributed by atoms with Gasteiger partial charge in [-0.05, 0) is 43.6 Å². The summed E-state index contributed by atoms with van der Waals surface area (Å²) in [5.41, 5.74) is 3.20. The molecule has 2 rings (SSSR count). The van der Waals surface area contributed by atoms with E-state index < -0.39 is 0 Å². The predicted molar refractivity (Wildman–Crippen MR) is 73.2 cm³/mol. The Morgan fingerprint density at radius 1 is 1.31 bits per heavy atom. The molecule has 16 heavy (non-hydrogen) atoms. The fourth-order valence-corrected chi connectivity index (χ4v) is 3.31. The van der Waals surface area contributed by atoms with Crippen molar-refractivity contribution in [3.8, 4) is 0 Å². The van der Waals surface area contributed by atoms with Crippen LogP contribution in [-0.2, 0) is 0 Å². The molecule has 0 bridgehead atoms. The highest BCUT2D eigenvalue weighted by Gasteiger charge is 2.19. The van der Waals surface area contributed by atoms with Crippen LogP contribution in [0.4, 0.5) is 0 Å². The molecule has 0 spiro atoms.